The van der Waals surface area contributed by atoms with Crippen molar-refractivity contribution in [3.8, 4) is 0 Å². The van der Waals surface area contributed by atoms with E-state index in [-0.39, 0.29) is 0 Å². The predicted molar refractivity (Wildman–Crippen MR) is 79.3 cm³/mol. The topological polar surface area (TPSA) is 52.6 Å². The van der Waals surface area contributed by atoms with Crippen molar-refractivity contribution >= 4 is 11.9 Å². The first-order valence-corrected chi connectivity index (χ1v) is 7.70. The summed E-state index contributed by atoms with van der Waals surface area (Å²) in [6.45, 7) is 6.30. The van der Waals surface area contributed by atoms with Crippen molar-refractivity contribution in [3.05, 3.63) is 11.6 Å². The minimum absolute atomic E-state index is 0.308. The van der Waals surface area contributed by atoms with Gasteiger partial charge in [-0.1, -0.05) is 39.0 Å². The molecular weight excluding hydrogens is 256 g/mol. The molecule has 4 nitrogen and oxygen atoms in total. The summed E-state index contributed by atoms with van der Waals surface area (Å²) < 4.78 is 9.80. The van der Waals surface area contributed by atoms with Crippen molar-refractivity contribution in [1.29, 1.82) is 0 Å². The van der Waals surface area contributed by atoms with Gasteiger partial charge in [0.25, 0.3) is 0 Å². The highest BCUT2D eigenvalue weighted by atomic mass is 16.5. The average molecular weight is 284 g/mol. The van der Waals surface area contributed by atoms with Crippen LogP contribution in [0.5, 0.6) is 0 Å². The Morgan fingerprint density at radius 1 is 0.850 bits per heavy atom. The Morgan fingerprint density at radius 2 is 1.45 bits per heavy atom. The smallest absolute Gasteiger partial charge is 0.334 e. The SMILES string of the molecule is CCCCCCCC/C(=C/C(=O)OCC)C(=O)OCC. The van der Waals surface area contributed by atoms with E-state index in [1.54, 1.807) is 13.8 Å². The second-order valence-electron chi connectivity index (χ2n) is 4.66. The van der Waals surface area contributed by atoms with Crippen molar-refractivity contribution in [1.82, 2.24) is 0 Å². The van der Waals surface area contributed by atoms with Gasteiger partial charge in [-0.3, -0.25) is 0 Å². The molecule has 20 heavy (non-hydrogen) atoms. The van der Waals surface area contributed by atoms with Gasteiger partial charge in [-0.15, -0.1) is 0 Å². The van der Waals surface area contributed by atoms with Crippen molar-refractivity contribution < 1.29 is 19.1 Å². The maximum absolute atomic E-state index is 11.8. The fourth-order valence-electron chi connectivity index (χ4n) is 1.88. The molecule has 0 aliphatic rings. The number of carbonyl (C=O) groups excluding carboxylic acids is 2. The Bertz CT molecular complexity index is 308. The minimum Gasteiger partial charge on any atom is -0.463 e. The Morgan fingerprint density at radius 3 is 2.05 bits per heavy atom. The van der Waals surface area contributed by atoms with Crippen LogP contribution in [-0.4, -0.2) is 25.2 Å². The number of carbonyl (C=O) groups is 2. The first-order valence-electron chi connectivity index (χ1n) is 7.70. The molecule has 0 radical (unpaired) electrons. The molecule has 0 aliphatic carbocycles. The summed E-state index contributed by atoms with van der Waals surface area (Å²) in [5.74, 6) is -0.879. The Labute approximate surface area is 122 Å². The third kappa shape index (κ3) is 9.59. The fourth-order valence-corrected chi connectivity index (χ4v) is 1.88. The molecule has 0 heterocycles. The number of ether oxygens (including phenoxy) is 2. The minimum atomic E-state index is -0.471. The first kappa shape index (κ1) is 18.7. The van der Waals surface area contributed by atoms with E-state index in [1.807, 2.05) is 0 Å². The van der Waals surface area contributed by atoms with Crippen LogP contribution in [0.1, 0.15) is 65.7 Å². The molecule has 0 atom stereocenters. The molecule has 0 aromatic heterocycles. The lowest BCUT2D eigenvalue weighted by molar-refractivity contribution is -0.141. The highest BCUT2D eigenvalue weighted by Gasteiger charge is 2.12. The van der Waals surface area contributed by atoms with Crippen LogP contribution in [0.4, 0.5) is 0 Å². The van der Waals surface area contributed by atoms with E-state index in [0.29, 0.717) is 25.2 Å². The highest BCUT2D eigenvalue weighted by Crippen LogP contribution is 2.13. The zero-order valence-corrected chi connectivity index (χ0v) is 13.1. The van der Waals surface area contributed by atoms with E-state index < -0.39 is 11.9 Å². The zero-order chi connectivity index (χ0) is 15.2. The highest BCUT2D eigenvalue weighted by molar-refractivity contribution is 5.96. The van der Waals surface area contributed by atoms with Gasteiger partial charge in [0.1, 0.15) is 0 Å². The molecular formula is C16H28O4. The maximum atomic E-state index is 11.8. The summed E-state index contributed by atoms with van der Waals surface area (Å²) in [4.78, 5) is 23.2. The van der Waals surface area contributed by atoms with Gasteiger partial charge in [0.05, 0.1) is 13.2 Å². The summed E-state index contributed by atoms with van der Waals surface area (Å²) >= 11 is 0. The average Bonchev–Trinajstić information content (AvgIpc) is 2.41. The van der Waals surface area contributed by atoms with Crippen molar-refractivity contribution in [2.45, 2.75) is 65.7 Å². The zero-order valence-electron chi connectivity index (χ0n) is 13.1. The van der Waals surface area contributed by atoms with Crippen LogP contribution in [0, 0.1) is 0 Å². The molecule has 0 saturated heterocycles. The molecule has 0 rings (SSSR count). The standard InChI is InChI=1S/C16H28O4/c1-4-7-8-9-10-11-12-14(16(18)20-6-3)13-15(17)19-5-2/h13H,4-12H2,1-3H3/b14-13-. The molecule has 0 aliphatic heterocycles. The fraction of sp³-hybridized carbons (Fsp3) is 0.750. The van der Waals surface area contributed by atoms with Crippen molar-refractivity contribution in [2.75, 3.05) is 13.2 Å². The third-order valence-corrected chi connectivity index (χ3v) is 2.92. The summed E-state index contributed by atoms with van der Waals surface area (Å²) in [6, 6.07) is 0. The van der Waals surface area contributed by atoms with Gasteiger partial charge in [0.15, 0.2) is 0 Å². The number of hydrogen-bond donors (Lipinski definition) is 0. The molecule has 0 N–H and O–H groups in total. The number of unbranched alkanes of at least 4 members (excludes halogenated alkanes) is 5. The third-order valence-electron chi connectivity index (χ3n) is 2.92. The molecule has 0 aromatic rings. The molecule has 0 aromatic carbocycles. The second-order valence-corrected chi connectivity index (χ2v) is 4.66. The molecule has 0 bridgehead atoms. The van der Waals surface area contributed by atoms with E-state index >= 15 is 0 Å². The van der Waals surface area contributed by atoms with Gasteiger partial charge in [-0.25, -0.2) is 9.59 Å². The number of hydrogen-bond acceptors (Lipinski definition) is 4. The van der Waals surface area contributed by atoms with Crippen LogP contribution in [-0.2, 0) is 19.1 Å². The lowest BCUT2D eigenvalue weighted by Gasteiger charge is -2.07. The maximum Gasteiger partial charge on any atom is 0.334 e. The van der Waals surface area contributed by atoms with Gasteiger partial charge >= 0.3 is 11.9 Å². The molecule has 0 amide bonds. The van der Waals surface area contributed by atoms with Gasteiger partial charge in [0, 0.05) is 11.6 Å². The lowest BCUT2D eigenvalue weighted by atomic mass is 10.0. The van der Waals surface area contributed by atoms with Crippen LogP contribution >= 0.6 is 0 Å². The van der Waals surface area contributed by atoms with Crippen molar-refractivity contribution in [2.24, 2.45) is 0 Å². The van der Waals surface area contributed by atoms with E-state index in [0.717, 1.165) is 12.8 Å². The number of rotatable bonds is 11. The summed E-state index contributed by atoms with van der Waals surface area (Å²) in [6.07, 6.45) is 8.68. The Hall–Kier alpha value is -1.32. The van der Waals surface area contributed by atoms with E-state index in [4.69, 9.17) is 9.47 Å². The molecule has 0 fully saturated rings. The predicted octanol–water partition coefficient (Wildman–Crippen LogP) is 3.79. The van der Waals surface area contributed by atoms with E-state index in [9.17, 15) is 9.59 Å². The first-order chi connectivity index (χ1) is 9.65. The number of esters is 2. The normalized spacial score (nSPS) is 11.2. The largest absolute Gasteiger partial charge is 0.463 e. The van der Waals surface area contributed by atoms with Crippen LogP contribution in [0.15, 0.2) is 11.6 Å². The van der Waals surface area contributed by atoms with Gasteiger partial charge < -0.3 is 9.47 Å². The van der Waals surface area contributed by atoms with Crippen LogP contribution in [0.25, 0.3) is 0 Å². The van der Waals surface area contributed by atoms with Crippen molar-refractivity contribution in [3.63, 3.8) is 0 Å². The molecule has 0 unspecified atom stereocenters. The quantitative estimate of drug-likeness (QED) is 0.329. The van der Waals surface area contributed by atoms with E-state index in [1.165, 1.54) is 31.8 Å². The Balaban J connectivity index is 4.25. The summed E-state index contributed by atoms with van der Waals surface area (Å²) in [5.41, 5.74) is 0.417. The lowest BCUT2D eigenvalue weighted by Crippen LogP contribution is -2.11. The monoisotopic (exact) mass is 284 g/mol. The van der Waals surface area contributed by atoms with Gasteiger partial charge in [-0.05, 0) is 26.7 Å². The van der Waals surface area contributed by atoms with E-state index in [2.05, 4.69) is 6.92 Å². The summed E-state index contributed by atoms with van der Waals surface area (Å²) in [7, 11) is 0. The molecule has 4 heteroatoms. The van der Waals surface area contributed by atoms with Gasteiger partial charge in [0.2, 0.25) is 0 Å². The molecule has 116 valence electrons. The Kier molecular flexibility index (Phi) is 11.9. The molecule has 0 saturated carbocycles. The van der Waals surface area contributed by atoms with Crippen LogP contribution in [0.3, 0.4) is 0 Å². The van der Waals surface area contributed by atoms with Crippen LogP contribution < -0.4 is 0 Å². The molecule has 0 spiro atoms. The van der Waals surface area contributed by atoms with Crippen LogP contribution in [0.2, 0.25) is 0 Å². The second kappa shape index (κ2) is 12.7. The van der Waals surface area contributed by atoms with Gasteiger partial charge in [-0.2, -0.15) is 0 Å². The summed E-state index contributed by atoms with van der Waals surface area (Å²) in [5, 5.41) is 0.